The summed E-state index contributed by atoms with van der Waals surface area (Å²) in [6.45, 7) is 2.35. The summed E-state index contributed by atoms with van der Waals surface area (Å²) in [4.78, 5) is 6.29. The maximum absolute atomic E-state index is 12.3. The number of hydrogen-bond donors (Lipinski definition) is 3. The Morgan fingerprint density at radius 2 is 1.86 bits per heavy atom. The summed E-state index contributed by atoms with van der Waals surface area (Å²) in [6, 6.07) is 8.28. The highest BCUT2D eigenvalue weighted by Gasteiger charge is 2.76. The molecule has 3 aliphatic carbocycles. The second-order valence-electron chi connectivity index (χ2n) is 13.0. The van der Waals surface area contributed by atoms with E-state index < -0.39 is 29.0 Å². The number of hydrogen-bond acceptors (Lipinski definition) is 6. The van der Waals surface area contributed by atoms with Gasteiger partial charge in [0, 0.05) is 29.5 Å². The fraction of sp³-hybridized carbons (Fsp3) is 0.633. The molecule has 0 radical (unpaired) electrons. The second-order valence-corrected chi connectivity index (χ2v) is 13.3. The molecule has 198 valence electrons. The van der Waals surface area contributed by atoms with Gasteiger partial charge in [0.1, 0.15) is 10.8 Å². The van der Waals surface area contributed by atoms with Gasteiger partial charge in [-0.05, 0) is 93.1 Å². The minimum atomic E-state index is -1.01. The lowest BCUT2D eigenvalue weighted by atomic mass is 9.51. The number of likely N-dealkylation sites (N-methyl/N-ethyl adjacent to an activating group) is 1. The van der Waals surface area contributed by atoms with E-state index in [4.69, 9.17) is 16.3 Å². The Kier molecular flexibility index (Phi) is 5.15. The molecule has 9 unspecified atom stereocenters. The van der Waals surface area contributed by atoms with E-state index in [0.29, 0.717) is 24.4 Å². The standard InChI is InChI=1S/C30H37ClN2O4/c1-27-9-11-29(36)15-21-24(34)25(35)22(33(2)3)16-28(21)10-12-30(29,37-28)23(27)7-6-20(27)18-5-4-17-8-13-32-26(31)19(17)14-18/h4-6,8,13-14,21-25,34-36H,7,9-12,15-16H2,1-3H3. The van der Waals surface area contributed by atoms with Crippen molar-refractivity contribution in [3.8, 4) is 0 Å². The molecule has 7 rings (SSSR count). The third-order valence-electron chi connectivity index (χ3n) is 11.3. The smallest absolute Gasteiger partial charge is 0.136 e. The van der Waals surface area contributed by atoms with Crippen LogP contribution >= 0.6 is 11.6 Å². The molecule has 3 N–H and O–H groups in total. The number of benzene rings is 1. The van der Waals surface area contributed by atoms with E-state index in [9.17, 15) is 15.3 Å². The third kappa shape index (κ3) is 3.03. The van der Waals surface area contributed by atoms with Crippen LogP contribution < -0.4 is 0 Å². The first-order valence-corrected chi connectivity index (χ1v) is 14.1. The molecule has 37 heavy (non-hydrogen) atoms. The molecule has 2 saturated carbocycles. The molecule has 6 nitrogen and oxygen atoms in total. The van der Waals surface area contributed by atoms with Crippen molar-refractivity contribution in [3.63, 3.8) is 0 Å². The van der Waals surface area contributed by atoms with E-state index in [1.165, 1.54) is 11.1 Å². The van der Waals surface area contributed by atoms with Crippen LogP contribution in [-0.2, 0) is 4.74 Å². The van der Waals surface area contributed by atoms with E-state index in [1.807, 2.05) is 25.1 Å². The third-order valence-corrected chi connectivity index (χ3v) is 11.6. The average Bonchev–Trinajstić information content (AvgIpc) is 3.40. The number of ether oxygens (including phenoxy) is 1. The quantitative estimate of drug-likeness (QED) is 0.511. The molecule has 1 aromatic heterocycles. The summed E-state index contributed by atoms with van der Waals surface area (Å²) < 4.78 is 7.22. The Morgan fingerprint density at radius 1 is 1.05 bits per heavy atom. The van der Waals surface area contributed by atoms with Crippen LogP contribution in [0.15, 0.2) is 36.5 Å². The highest BCUT2D eigenvalue weighted by molar-refractivity contribution is 6.34. The predicted octanol–water partition coefficient (Wildman–Crippen LogP) is 4.19. The zero-order valence-corrected chi connectivity index (χ0v) is 22.6. The van der Waals surface area contributed by atoms with E-state index in [2.05, 4.69) is 36.2 Å². The monoisotopic (exact) mass is 524 g/mol. The summed E-state index contributed by atoms with van der Waals surface area (Å²) in [5, 5.41) is 37.1. The zero-order valence-electron chi connectivity index (χ0n) is 21.8. The fourth-order valence-corrected chi connectivity index (χ4v) is 9.58. The molecule has 4 fully saturated rings. The van der Waals surface area contributed by atoms with E-state index in [1.54, 1.807) is 6.20 Å². The van der Waals surface area contributed by atoms with Gasteiger partial charge in [0.05, 0.1) is 23.4 Å². The van der Waals surface area contributed by atoms with Crippen molar-refractivity contribution in [1.82, 2.24) is 9.88 Å². The largest absolute Gasteiger partial charge is 0.390 e. The van der Waals surface area contributed by atoms with Crippen molar-refractivity contribution in [2.24, 2.45) is 17.3 Å². The van der Waals surface area contributed by atoms with Gasteiger partial charge in [-0.1, -0.05) is 36.7 Å². The summed E-state index contributed by atoms with van der Waals surface area (Å²) in [5.41, 5.74) is 0.174. The molecule has 2 bridgehead atoms. The highest BCUT2D eigenvalue weighted by atomic mass is 35.5. The lowest BCUT2D eigenvalue weighted by molar-refractivity contribution is -0.331. The van der Waals surface area contributed by atoms with Crippen LogP contribution in [0.1, 0.15) is 57.4 Å². The van der Waals surface area contributed by atoms with E-state index in [-0.39, 0.29) is 23.3 Å². The van der Waals surface area contributed by atoms with Gasteiger partial charge in [-0.2, -0.15) is 0 Å². The molecule has 5 aliphatic rings. The lowest BCUT2D eigenvalue weighted by Crippen LogP contribution is -2.73. The van der Waals surface area contributed by atoms with Gasteiger partial charge in [0.2, 0.25) is 0 Å². The van der Waals surface area contributed by atoms with Crippen molar-refractivity contribution in [3.05, 3.63) is 47.3 Å². The molecule has 0 amide bonds. The van der Waals surface area contributed by atoms with Crippen LogP contribution in [0.5, 0.6) is 0 Å². The number of nitrogens with zero attached hydrogens (tertiary/aromatic N) is 2. The Labute approximate surface area is 223 Å². The highest BCUT2D eigenvalue weighted by Crippen LogP contribution is 2.71. The van der Waals surface area contributed by atoms with Crippen LogP contribution in [0.3, 0.4) is 0 Å². The van der Waals surface area contributed by atoms with Crippen LogP contribution in [0, 0.1) is 17.3 Å². The predicted molar refractivity (Wildman–Crippen MR) is 143 cm³/mol. The lowest BCUT2D eigenvalue weighted by Gasteiger charge is -2.65. The fourth-order valence-electron chi connectivity index (χ4n) is 9.36. The molecule has 2 aromatic rings. The van der Waals surface area contributed by atoms with Gasteiger partial charge in [-0.15, -0.1) is 0 Å². The molecule has 3 heterocycles. The van der Waals surface area contributed by atoms with Crippen molar-refractivity contribution < 1.29 is 20.1 Å². The molecule has 9 atom stereocenters. The summed E-state index contributed by atoms with van der Waals surface area (Å²) in [6.07, 6.45) is 7.47. The van der Waals surface area contributed by atoms with Crippen molar-refractivity contribution in [2.75, 3.05) is 14.1 Å². The van der Waals surface area contributed by atoms with Gasteiger partial charge in [-0.3, -0.25) is 0 Å². The molecule has 2 spiro atoms. The number of aliphatic hydroxyl groups excluding tert-OH is 2. The Morgan fingerprint density at radius 3 is 2.65 bits per heavy atom. The molecule has 2 aliphatic heterocycles. The van der Waals surface area contributed by atoms with E-state index in [0.717, 1.165) is 36.5 Å². The van der Waals surface area contributed by atoms with Crippen LogP contribution in [0.25, 0.3) is 16.3 Å². The molecular formula is C30H37ClN2O4. The van der Waals surface area contributed by atoms with Crippen LogP contribution in [0.4, 0.5) is 0 Å². The van der Waals surface area contributed by atoms with Crippen LogP contribution in [0.2, 0.25) is 5.15 Å². The first-order valence-electron chi connectivity index (χ1n) is 13.7. The molecular weight excluding hydrogens is 488 g/mol. The molecule has 2 saturated heterocycles. The van der Waals surface area contributed by atoms with E-state index >= 15 is 0 Å². The minimum absolute atomic E-state index is 0.138. The van der Waals surface area contributed by atoms with Crippen molar-refractivity contribution in [2.45, 2.75) is 86.9 Å². The maximum atomic E-state index is 12.3. The number of aromatic nitrogens is 1. The van der Waals surface area contributed by atoms with Gasteiger partial charge < -0.3 is 25.0 Å². The Bertz CT molecular complexity index is 1320. The summed E-state index contributed by atoms with van der Waals surface area (Å²) in [5.74, 6) is -0.108. The normalized spacial score (nSPS) is 46.5. The van der Waals surface area contributed by atoms with Crippen LogP contribution in [-0.4, -0.2) is 74.4 Å². The zero-order chi connectivity index (χ0) is 26.0. The van der Waals surface area contributed by atoms with Crippen molar-refractivity contribution in [1.29, 1.82) is 0 Å². The average molecular weight is 525 g/mol. The second kappa shape index (κ2) is 7.77. The Balaban J connectivity index is 1.27. The first-order chi connectivity index (χ1) is 17.5. The van der Waals surface area contributed by atoms with Gasteiger partial charge in [0.15, 0.2) is 0 Å². The van der Waals surface area contributed by atoms with Crippen molar-refractivity contribution >= 4 is 27.9 Å². The Hall–Kier alpha value is -1.54. The van der Waals surface area contributed by atoms with Gasteiger partial charge in [-0.25, -0.2) is 4.98 Å². The number of allylic oxidation sites excluding steroid dienone is 2. The van der Waals surface area contributed by atoms with Gasteiger partial charge >= 0.3 is 0 Å². The number of aliphatic hydroxyl groups is 3. The minimum Gasteiger partial charge on any atom is -0.390 e. The number of halogens is 1. The number of pyridine rings is 1. The number of rotatable bonds is 2. The molecule has 1 aromatic carbocycles. The molecule has 7 heteroatoms. The SMILES string of the molecule is CN(C)C1CC23CCC4(O2)C2CC=C(c5ccc6ccnc(Cl)c6c5)C2(C)CCC4(O)CC3C(O)C1O. The number of fused-ring (bicyclic) bond motifs is 2. The summed E-state index contributed by atoms with van der Waals surface area (Å²) >= 11 is 6.46. The first kappa shape index (κ1) is 24.5. The topological polar surface area (TPSA) is 86.1 Å². The maximum Gasteiger partial charge on any atom is 0.136 e. The van der Waals surface area contributed by atoms with Gasteiger partial charge in [0.25, 0.3) is 0 Å². The summed E-state index contributed by atoms with van der Waals surface area (Å²) in [7, 11) is 3.91.